The topological polar surface area (TPSA) is 65.3 Å². The molecule has 0 aliphatic carbocycles. The Morgan fingerprint density at radius 1 is 0.625 bits per heavy atom. The average Bonchev–Trinajstić information content (AvgIpc) is 2.63. The monoisotopic (exact) mass is 356 g/mol. The number of benzene rings is 3. The molecule has 24 heavy (non-hydrogen) atoms. The van der Waals surface area contributed by atoms with Gasteiger partial charge in [0, 0.05) is 4.90 Å². The molecule has 0 heterocycles. The average molecular weight is 356 g/mol. The van der Waals surface area contributed by atoms with Crippen LogP contribution in [0.15, 0.2) is 95.9 Å². The third kappa shape index (κ3) is 3.34. The molecule has 3 aromatic carbocycles. The van der Waals surface area contributed by atoms with Crippen molar-refractivity contribution in [2.24, 2.45) is 0 Å². The maximum Gasteiger partial charge on any atom is 0.107 e. The van der Waals surface area contributed by atoms with Gasteiger partial charge >= 0.3 is 0 Å². The first kappa shape index (κ1) is 16.7. The fraction of sp³-hybridized carbons (Fsp3) is 0. The van der Waals surface area contributed by atoms with E-state index in [-0.39, 0.29) is 4.90 Å². The summed E-state index contributed by atoms with van der Waals surface area (Å²) in [4.78, 5) is 0.0251. The fourth-order valence-corrected chi connectivity index (χ4v) is 6.59. The second-order valence-electron chi connectivity index (χ2n) is 5.12. The predicted octanol–water partition coefficient (Wildman–Crippen LogP) is 3.68. The first-order chi connectivity index (χ1) is 11.5. The summed E-state index contributed by atoms with van der Waals surface area (Å²) < 4.78 is 42.8. The van der Waals surface area contributed by atoms with Gasteiger partial charge in [-0.05, 0) is 22.7 Å². The normalized spacial score (nSPS) is 12.0. The molecule has 3 aromatic rings. The van der Waals surface area contributed by atoms with E-state index in [1.54, 1.807) is 78.9 Å². The Morgan fingerprint density at radius 3 is 1.42 bits per heavy atom. The molecule has 0 amide bonds. The van der Waals surface area contributed by atoms with Gasteiger partial charge in [0.1, 0.15) is 10.0 Å². The smallest absolute Gasteiger partial charge is 0.107 e. The summed E-state index contributed by atoms with van der Waals surface area (Å²) in [6, 6.07) is 24.8. The van der Waals surface area contributed by atoms with Crippen LogP contribution in [0.5, 0.6) is 0 Å². The fourth-order valence-electron chi connectivity index (χ4n) is 2.29. The lowest BCUT2D eigenvalue weighted by molar-refractivity contribution is 0.589. The second kappa shape index (κ2) is 6.73. The highest BCUT2D eigenvalue weighted by Crippen LogP contribution is 2.52. The molecule has 0 N–H and O–H groups in total. The molecular formula is C18H15NO3PS-. The van der Waals surface area contributed by atoms with Gasteiger partial charge in [0.05, 0.1) is 7.29 Å². The Hall–Kier alpha value is -2.20. The predicted molar refractivity (Wildman–Crippen MR) is 96.7 cm³/mol. The maximum atomic E-state index is 13.7. The van der Waals surface area contributed by atoms with Crippen molar-refractivity contribution >= 4 is 27.9 Å². The van der Waals surface area contributed by atoms with Crippen LogP contribution in [0.1, 0.15) is 0 Å². The summed E-state index contributed by atoms with van der Waals surface area (Å²) in [5.74, 6) is 0. The van der Waals surface area contributed by atoms with Gasteiger partial charge in [0.25, 0.3) is 0 Å². The third-order valence-corrected chi connectivity index (χ3v) is 8.12. The van der Waals surface area contributed by atoms with Gasteiger partial charge in [0.2, 0.25) is 0 Å². The molecule has 6 heteroatoms. The lowest BCUT2D eigenvalue weighted by Gasteiger charge is -2.32. The zero-order valence-electron chi connectivity index (χ0n) is 12.7. The molecular weight excluding hydrogens is 341 g/mol. The van der Waals surface area contributed by atoms with Crippen LogP contribution in [-0.4, -0.2) is 8.42 Å². The number of sulfonamides is 1. The summed E-state index contributed by atoms with van der Waals surface area (Å²) in [7, 11) is -7.73. The molecule has 0 aromatic heterocycles. The van der Waals surface area contributed by atoms with Gasteiger partial charge < -0.3 is 9.06 Å². The summed E-state index contributed by atoms with van der Waals surface area (Å²) in [5, 5.41) is 0.770. The maximum absolute atomic E-state index is 13.7. The van der Waals surface area contributed by atoms with Gasteiger partial charge in [-0.15, -0.1) is 0 Å². The highest BCUT2D eigenvalue weighted by atomic mass is 32.2. The van der Waals surface area contributed by atoms with E-state index in [4.69, 9.17) is 0 Å². The molecule has 0 saturated heterocycles. The van der Waals surface area contributed by atoms with Crippen molar-refractivity contribution < 1.29 is 13.0 Å². The van der Waals surface area contributed by atoms with Gasteiger partial charge in [-0.2, -0.15) is 0 Å². The standard InChI is InChI=1S/C18H15NO3PS/c20-23(16-10-4-1-5-11-16,17-12-6-2-7-13-17)19-24(21,22)18-14-8-3-9-15-18/h1-15H/q-1. The molecule has 0 radical (unpaired) electrons. The van der Waals surface area contributed by atoms with Gasteiger partial charge in [-0.1, -0.05) is 78.9 Å². The van der Waals surface area contributed by atoms with E-state index in [1.165, 1.54) is 12.1 Å². The minimum atomic E-state index is -4.05. The molecule has 0 fully saturated rings. The van der Waals surface area contributed by atoms with E-state index < -0.39 is 17.3 Å². The van der Waals surface area contributed by atoms with E-state index in [2.05, 4.69) is 4.49 Å². The first-order valence-electron chi connectivity index (χ1n) is 7.28. The molecule has 4 nitrogen and oxygen atoms in total. The van der Waals surface area contributed by atoms with Gasteiger partial charge in [0.15, 0.2) is 0 Å². The minimum Gasteiger partial charge on any atom is -0.478 e. The molecule has 3 rings (SSSR count). The number of rotatable bonds is 5. The Kier molecular flexibility index (Phi) is 4.67. The van der Waals surface area contributed by atoms with E-state index in [0.717, 1.165) is 0 Å². The van der Waals surface area contributed by atoms with Crippen LogP contribution in [0.2, 0.25) is 0 Å². The highest BCUT2D eigenvalue weighted by molar-refractivity contribution is 8.06. The Bertz CT molecular complexity index is 915. The van der Waals surface area contributed by atoms with Crippen molar-refractivity contribution in [3.05, 3.63) is 95.5 Å². The van der Waals surface area contributed by atoms with Gasteiger partial charge in [-0.25, -0.2) is 8.42 Å². The van der Waals surface area contributed by atoms with Crippen molar-refractivity contribution in [2.45, 2.75) is 4.90 Å². The quantitative estimate of drug-likeness (QED) is 0.655. The van der Waals surface area contributed by atoms with E-state index in [1.807, 2.05) is 0 Å². The van der Waals surface area contributed by atoms with E-state index in [0.29, 0.717) is 10.6 Å². The lowest BCUT2D eigenvalue weighted by atomic mass is 10.4. The molecule has 0 spiro atoms. The van der Waals surface area contributed by atoms with E-state index >= 15 is 0 Å². The lowest BCUT2D eigenvalue weighted by Crippen LogP contribution is -2.17. The number of nitrogens with zero attached hydrogens (tertiary/aromatic N) is 1. The van der Waals surface area contributed by atoms with Crippen LogP contribution in [0, 0.1) is 0 Å². The molecule has 0 aliphatic rings. The van der Waals surface area contributed by atoms with Crippen LogP contribution in [0.3, 0.4) is 0 Å². The number of hydrogen-bond donors (Lipinski definition) is 0. The molecule has 0 aliphatic heterocycles. The zero-order valence-corrected chi connectivity index (χ0v) is 14.4. The van der Waals surface area contributed by atoms with Crippen LogP contribution in [-0.2, 0) is 14.6 Å². The highest BCUT2D eigenvalue weighted by Gasteiger charge is 2.22. The summed E-state index contributed by atoms with van der Waals surface area (Å²) in [6.07, 6.45) is 0. The van der Waals surface area contributed by atoms with Crippen molar-refractivity contribution in [3.8, 4) is 0 Å². The van der Waals surface area contributed by atoms with Crippen molar-refractivity contribution in [1.29, 1.82) is 0 Å². The molecule has 0 atom stereocenters. The van der Waals surface area contributed by atoms with Crippen molar-refractivity contribution in [3.63, 3.8) is 0 Å². The number of hydrogen-bond acceptors (Lipinski definition) is 3. The van der Waals surface area contributed by atoms with Gasteiger partial charge in [-0.3, -0.25) is 0 Å². The van der Waals surface area contributed by atoms with Crippen LogP contribution < -0.4 is 10.6 Å². The Labute approximate surface area is 141 Å². The first-order valence-corrected chi connectivity index (χ1v) is 10.4. The van der Waals surface area contributed by atoms with Crippen molar-refractivity contribution in [1.82, 2.24) is 0 Å². The second-order valence-corrected chi connectivity index (χ2v) is 9.38. The third-order valence-electron chi connectivity index (χ3n) is 3.48. The summed E-state index contributed by atoms with van der Waals surface area (Å²) >= 11 is 0. The Balaban J connectivity index is 2.12. The SMILES string of the molecule is O=P([N-]S(=O)(=O)c1ccccc1)(c1ccccc1)c1ccccc1. The molecule has 0 bridgehead atoms. The van der Waals surface area contributed by atoms with Crippen molar-refractivity contribution in [2.75, 3.05) is 0 Å². The summed E-state index contributed by atoms with van der Waals surface area (Å²) in [5.41, 5.74) is 0. The molecule has 0 unspecified atom stereocenters. The van der Waals surface area contributed by atoms with E-state index in [9.17, 15) is 13.0 Å². The largest absolute Gasteiger partial charge is 0.478 e. The molecule has 122 valence electrons. The Morgan fingerprint density at radius 2 is 1.00 bits per heavy atom. The van der Waals surface area contributed by atoms with Crippen LogP contribution in [0.25, 0.3) is 4.49 Å². The summed E-state index contributed by atoms with van der Waals surface area (Å²) in [6.45, 7) is 0. The molecule has 0 saturated carbocycles. The van der Waals surface area contributed by atoms with Crippen LogP contribution in [0.4, 0.5) is 0 Å². The zero-order chi connectivity index (χ0) is 17.0. The van der Waals surface area contributed by atoms with Crippen LogP contribution >= 0.6 is 7.29 Å². The minimum absolute atomic E-state index is 0.0251.